The van der Waals surface area contributed by atoms with Gasteiger partial charge in [-0.15, -0.1) is 0 Å². The van der Waals surface area contributed by atoms with Gasteiger partial charge in [0.15, 0.2) is 0 Å². The first kappa shape index (κ1) is 20.1. The van der Waals surface area contributed by atoms with E-state index in [2.05, 4.69) is 20.2 Å². The van der Waals surface area contributed by atoms with Gasteiger partial charge in [-0.05, 0) is 36.4 Å². The van der Waals surface area contributed by atoms with Crippen molar-refractivity contribution < 1.29 is 12.9 Å². The molecule has 0 aliphatic carbocycles. The lowest BCUT2D eigenvalue weighted by molar-refractivity contribution is 0.419. The number of nitrogens with zero attached hydrogens (tertiary/aromatic N) is 5. The summed E-state index contributed by atoms with van der Waals surface area (Å²) in [6.07, 6.45) is 5.98. The highest BCUT2D eigenvalue weighted by Gasteiger charge is 2.26. The average Bonchev–Trinajstić information content (AvgIpc) is 3.51. The molecule has 0 saturated carbocycles. The fraction of sp³-hybridized carbons (Fsp3) is 0. The Labute approximate surface area is 188 Å². The number of benzene rings is 2. The van der Waals surface area contributed by atoms with Crippen LogP contribution in [0.5, 0.6) is 0 Å². The molecule has 32 heavy (non-hydrogen) atoms. The van der Waals surface area contributed by atoms with Gasteiger partial charge in [-0.2, -0.15) is 10.1 Å². The molecule has 0 radical (unpaired) electrons. The zero-order valence-corrected chi connectivity index (χ0v) is 17.9. The van der Waals surface area contributed by atoms with E-state index >= 15 is 0 Å². The van der Waals surface area contributed by atoms with Crippen molar-refractivity contribution in [1.29, 1.82) is 0 Å². The molecule has 5 aromatic rings. The number of pyridine rings is 1. The van der Waals surface area contributed by atoms with Crippen molar-refractivity contribution in [3.8, 4) is 28.3 Å². The largest absolute Gasteiger partial charge is 0.342 e. The van der Waals surface area contributed by atoms with Gasteiger partial charge in [0, 0.05) is 22.3 Å². The van der Waals surface area contributed by atoms with E-state index in [9.17, 15) is 8.42 Å². The zero-order valence-electron chi connectivity index (χ0n) is 16.3. The van der Waals surface area contributed by atoms with Gasteiger partial charge >= 0.3 is 0 Å². The van der Waals surface area contributed by atoms with E-state index in [0.717, 1.165) is 5.56 Å². The summed E-state index contributed by atoms with van der Waals surface area (Å²) in [6, 6.07) is 16.7. The van der Waals surface area contributed by atoms with Crippen molar-refractivity contribution in [2.45, 2.75) is 9.79 Å². The molecule has 2 aromatic carbocycles. The second kappa shape index (κ2) is 8.03. The molecular formula is C22H14ClN5O3S. The minimum atomic E-state index is -3.88. The van der Waals surface area contributed by atoms with Crippen LogP contribution < -0.4 is 0 Å². The fourth-order valence-electron chi connectivity index (χ4n) is 3.19. The van der Waals surface area contributed by atoms with E-state index < -0.39 is 9.84 Å². The van der Waals surface area contributed by atoms with Crippen LogP contribution in [0.4, 0.5) is 0 Å². The first-order valence-corrected chi connectivity index (χ1v) is 11.3. The predicted octanol–water partition coefficient (Wildman–Crippen LogP) is 4.47. The maximum absolute atomic E-state index is 13.5. The van der Waals surface area contributed by atoms with E-state index in [1.54, 1.807) is 60.9 Å². The molecule has 10 heteroatoms. The van der Waals surface area contributed by atoms with Crippen molar-refractivity contribution in [2.75, 3.05) is 0 Å². The molecule has 3 aromatic heterocycles. The molecule has 0 aliphatic rings. The first-order valence-electron chi connectivity index (χ1n) is 9.40. The summed E-state index contributed by atoms with van der Waals surface area (Å²) >= 11 is 5.94. The van der Waals surface area contributed by atoms with Crippen molar-refractivity contribution in [1.82, 2.24) is 24.9 Å². The molecule has 0 aliphatic heterocycles. The quantitative estimate of drug-likeness (QED) is 0.378. The second-order valence-corrected chi connectivity index (χ2v) is 9.14. The van der Waals surface area contributed by atoms with Crippen molar-refractivity contribution >= 4 is 21.4 Å². The maximum atomic E-state index is 13.5. The van der Waals surface area contributed by atoms with Gasteiger partial charge in [0.2, 0.25) is 22.1 Å². The van der Waals surface area contributed by atoms with Gasteiger partial charge in [0.1, 0.15) is 10.6 Å². The summed E-state index contributed by atoms with van der Waals surface area (Å²) in [5.74, 6) is 0.437. The topological polar surface area (TPSA) is 104 Å². The van der Waals surface area contributed by atoms with Crippen LogP contribution in [0.3, 0.4) is 0 Å². The van der Waals surface area contributed by atoms with Gasteiger partial charge in [-0.25, -0.2) is 13.1 Å². The lowest BCUT2D eigenvalue weighted by Gasteiger charge is -2.06. The Hall–Kier alpha value is -3.82. The van der Waals surface area contributed by atoms with E-state index in [-0.39, 0.29) is 9.79 Å². The third kappa shape index (κ3) is 3.68. The Morgan fingerprint density at radius 3 is 2.34 bits per heavy atom. The maximum Gasteiger partial charge on any atom is 0.214 e. The molecule has 158 valence electrons. The van der Waals surface area contributed by atoms with Crippen LogP contribution in [0.15, 0.2) is 100.0 Å². The average molecular weight is 464 g/mol. The molecule has 0 spiro atoms. The Balaban J connectivity index is 1.66. The van der Waals surface area contributed by atoms with E-state index in [1.807, 2.05) is 0 Å². The van der Waals surface area contributed by atoms with E-state index in [0.29, 0.717) is 27.8 Å². The highest BCUT2D eigenvalue weighted by Crippen LogP contribution is 2.32. The third-order valence-corrected chi connectivity index (χ3v) is 6.80. The lowest BCUT2D eigenvalue weighted by atomic mass is 10.1. The SMILES string of the molecule is O=S(=O)(c1ccc(Cl)cc1)c1cn(-c2cccnc2)nc1-c1ccc(-c2ncon2)cc1. The van der Waals surface area contributed by atoms with Crippen LogP contribution in [-0.2, 0) is 9.84 Å². The van der Waals surface area contributed by atoms with Gasteiger partial charge < -0.3 is 4.52 Å². The first-order chi connectivity index (χ1) is 15.5. The highest BCUT2D eigenvalue weighted by molar-refractivity contribution is 7.91. The molecule has 0 amide bonds. The normalized spacial score (nSPS) is 11.5. The van der Waals surface area contributed by atoms with Gasteiger partial charge in [-0.3, -0.25) is 4.98 Å². The number of rotatable bonds is 5. The number of hydrogen-bond donors (Lipinski definition) is 0. The van der Waals surface area contributed by atoms with Gasteiger partial charge in [0.25, 0.3) is 0 Å². The molecule has 0 unspecified atom stereocenters. The summed E-state index contributed by atoms with van der Waals surface area (Å²) in [6.45, 7) is 0. The van der Waals surface area contributed by atoms with Crippen LogP contribution in [0.25, 0.3) is 28.3 Å². The monoisotopic (exact) mass is 463 g/mol. The number of sulfone groups is 1. The molecule has 0 fully saturated rings. The van der Waals surface area contributed by atoms with Gasteiger partial charge in [0.05, 0.1) is 23.0 Å². The standard InChI is InChI=1S/C22H14ClN5O3S/c23-17-7-9-19(10-8-17)32(29,30)20-13-28(18-2-1-11-24-12-18)26-21(20)15-3-5-16(6-4-15)22-25-14-31-27-22/h1-14H. The second-order valence-electron chi connectivity index (χ2n) is 6.79. The zero-order chi connectivity index (χ0) is 22.1. The minimum Gasteiger partial charge on any atom is -0.342 e. The van der Waals surface area contributed by atoms with Crippen LogP contribution in [-0.4, -0.2) is 33.3 Å². The summed E-state index contributed by atoms with van der Waals surface area (Å²) in [5, 5.41) is 8.84. The summed E-state index contributed by atoms with van der Waals surface area (Å²) in [4.78, 5) is 8.31. The Bertz CT molecular complexity index is 1470. The molecule has 0 saturated heterocycles. The van der Waals surface area contributed by atoms with Crippen LogP contribution in [0.2, 0.25) is 5.02 Å². The van der Waals surface area contributed by atoms with Crippen LogP contribution in [0, 0.1) is 0 Å². The summed E-state index contributed by atoms with van der Waals surface area (Å²) in [7, 11) is -3.88. The summed E-state index contributed by atoms with van der Waals surface area (Å²) in [5.41, 5.74) is 2.29. The molecule has 0 N–H and O–H groups in total. The van der Waals surface area contributed by atoms with Crippen molar-refractivity contribution in [3.05, 3.63) is 90.7 Å². The summed E-state index contributed by atoms with van der Waals surface area (Å²) < 4.78 is 33.3. The number of halogens is 1. The van der Waals surface area contributed by atoms with Crippen molar-refractivity contribution in [2.24, 2.45) is 0 Å². The predicted molar refractivity (Wildman–Crippen MR) is 117 cm³/mol. The molecular weight excluding hydrogens is 450 g/mol. The molecule has 0 atom stereocenters. The fourth-order valence-corrected chi connectivity index (χ4v) is 4.72. The lowest BCUT2D eigenvalue weighted by Crippen LogP contribution is -2.02. The Morgan fingerprint density at radius 2 is 1.69 bits per heavy atom. The highest BCUT2D eigenvalue weighted by atomic mass is 35.5. The Kier molecular flexibility index (Phi) is 5.04. The number of aromatic nitrogens is 5. The molecule has 3 heterocycles. The van der Waals surface area contributed by atoms with E-state index in [1.165, 1.54) is 29.4 Å². The Morgan fingerprint density at radius 1 is 0.938 bits per heavy atom. The van der Waals surface area contributed by atoms with Crippen LogP contribution >= 0.6 is 11.6 Å². The smallest absolute Gasteiger partial charge is 0.214 e. The number of hydrogen-bond acceptors (Lipinski definition) is 7. The van der Waals surface area contributed by atoms with Crippen molar-refractivity contribution in [3.63, 3.8) is 0 Å². The van der Waals surface area contributed by atoms with Crippen LogP contribution in [0.1, 0.15) is 0 Å². The molecule has 5 rings (SSSR count). The van der Waals surface area contributed by atoms with Gasteiger partial charge in [-0.1, -0.05) is 41.0 Å². The van der Waals surface area contributed by atoms with E-state index in [4.69, 9.17) is 16.1 Å². The molecule has 8 nitrogen and oxygen atoms in total. The molecule has 0 bridgehead atoms. The minimum absolute atomic E-state index is 0.0657. The third-order valence-electron chi connectivity index (χ3n) is 4.78.